The number of likely N-dealkylation sites (tertiary alicyclic amines) is 1. The van der Waals surface area contributed by atoms with Crippen LogP contribution < -0.4 is 10.2 Å². The van der Waals surface area contributed by atoms with Gasteiger partial charge < -0.3 is 14.7 Å². The summed E-state index contributed by atoms with van der Waals surface area (Å²) in [5, 5.41) is 12.6. The van der Waals surface area contributed by atoms with Crippen molar-refractivity contribution in [2.24, 2.45) is 11.8 Å². The molecule has 1 fully saturated rings. The molecule has 2 N–H and O–H groups in total. The number of carboxylic acids is 1. The van der Waals surface area contributed by atoms with E-state index >= 15 is 0 Å². The maximum absolute atomic E-state index is 11.7. The van der Waals surface area contributed by atoms with Gasteiger partial charge in [0, 0.05) is 24.5 Å². The van der Waals surface area contributed by atoms with Gasteiger partial charge in [-0.05, 0) is 78.9 Å². The summed E-state index contributed by atoms with van der Waals surface area (Å²) in [6.07, 6.45) is 4.68. The van der Waals surface area contributed by atoms with Crippen molar-refractivity contribution in [3.05, 3.63) is 58.4 Å². The molecule has 7 nitrogen and oxygen atoms in total. The predicted octanol–water partition coefficient (Wildman–Crippen LogP) is 4.74. The number of aromatic nitrogens is 1. The van der Waals surface area contributed by atoms with Gasteiger partial charge in [-0.15, -0.1) is 11.3 Å². The van der Waals surface area contributed by atoms with Crippen molar-refractivity contribution in [2.45, 2.75) is 31.7 Å². The number of hydroxylamine groups is 1. The van der Waals surface area contributed by atoms with Crippen LogP contribution in [0, 0.1) is 23.7 Å². The first-order valence-corrected chi connectivity index (χ1v) is 13.1. The molecule has 2 aromatic heterocycles. The molecule has 1 aliphatic heterocycles. The van der Waals surface area contributed by atoms with Gasteiger partial charge in [0.1, 0.15) is 5.75 Å². The second-order valence-corrected chi connectivity index (χ2v) is 10.1. The van der Waals surface area contributed by atoms with Crippen molar-refractivity contribution in [2.75, 3.05) is 33.9 Å². The third-order valence-corrected chi connectivity index (χ3v) is 7.68. The highest BCUT2D eigenvalue weighted by Crippen LogP contribution is 2.34. The average Bonchev–Trinajstić information content (AvgIpc) is 3.40. The van der Waals surface area contributed by atoms with Crippen LogP contribution >= 0.6 is 11.3 Å². The van der Waals surface area contributed by atoms with Crippen LogP contribution in [0.4, 0.5) is 0 Å². The van der Waals surface area contributed by atoms with Gasteiger partial charge in [0.05, 0.1) is 37.2 Å². The fraction of sp³-hybridized carbons (Fsp3) is 0.429. The summed E-state index contributed by atoms with van der Waals surface area (Å²) < 4.78 is 5.43. The maximum atomic E-state index is 11.7. The Morgan fingerprint density at radius 3 is 2.94 bits per heavy atom. The van der Waals surface area contributed by atoms with Crippen LogP contribution in [-0.4, -0.2) is 54.8 Å². The lowest BCUT2D eigenvalue weighted by Gasteiger charge is -2.38. The van der Waals surface area contributed by atoms with Gasteiger partial charge in [-0.25, -0.2) is 0 Å². The Bertz CT molecular complexity index is 1200. The number of aliphatic carboxylic acids is 1. The molecular weight excluding hydrogens is 474 g/mol. The Balaban J connectivity index is 1.44. The normalized spacial score (nSPS) is 18.9. The molecule has 36 heavy (non-hydrogen) atoms. The molecule has 0 spiro atoms. The molecule has 8 heteroatoms. The van der Waals surface area contributed by atoms with Crippen LogP contribution in [-0.2, 0) is 9.63 Å². The van der Waals surface area contributed by atoms with E-state index in [-0.39, 0.29) is 18.4 Å². The number of rotatable bonds is 10. The predicted molar refractivity (Wildman–Crippen MR) is 142 cm³/mol. The molecule has 0 unspecified atom stereocenters. The van der Waals surface area contributed by atoms with E-state index in [1.165, 1.54) is 0 Å². The average molecular weight is 508 g/mol. The van der Waals surface area contributed by atoms with Gasteiger partial charge in [0.25, 0.3) is 0 Å². The number of hydrogen-bond acceptors (Lipinski definition) is 7. The van der Waals surface area contributed by atoms with Crippen LogP contribution in [0.25, 0.3) is 10.9 Å². The first-order chi connectivity index (χ1) is 17.6. The van der Waals surface area contributed by atoms with Crippen molar-refractivity contribution in [3.63, 3.8) is 0 Å². The number of carbonyl (C=O) groups is 1. The smallest absolute Gasteiger partial charge is 0.303 e. The topological polar surface area (TPSA) is 83.9 Å². The van der Waals surface area contributed by atoms with Gasteiger partial charge in [0.2, 0.25) is 0 Å². The van der Waals surface area contributed by atoms with E-state index in [4.69, 9.17) is 9.57 Å². The second kappa shape index (κ2) is 12.8. The summed E-state index contributed by atoms with van der Waals surface area (Å²) in [7, 11) is 3.28. The summed E-state index contributed by atoms with van der Waals surface area (Å²) in [6.45, 7) is 2.35. The van der Waals surface area contributed by atoms with Crippen molar-refractivity contribution in [1.29, 1.82) is 0 Å². The summed E-state index contributed by atoms with van der Waals surface area (Å²) >= 11 is 1.64. The Morgan fingerprint density at radius 2 is 2.19 bits per heavy atom. The van der Waals surface area contributed by atoms with Gasteiger partial charge in [-0.1, -0.05) is 17.9 Å². The lowest BCUT2D eigenvalue weighted by molar-refractivity contribution is -0.139. The maximum Gasteiger partial charge on any atom is 0.303 e. The number of benzene rings is 1. The number of piperidine rings is 1. The largest absolute Gasteiger partial charge is 0.497 e. The molecule has 1 saturated heterocycles. The van der Waals surface area contributed by atoms with Crippen LogP contribution in [0.1, 0.15) is 42.2 Å². The number of nitrogens with zero attached hydrogens (tertiary/aromatic N) is 2. The molecule has 190 valence electrons. The highest BCUT2D eigenvalue weighted by Gasteiger charge is 2.31. The molecule has 1 aliphatic rings. The summed E-state index contributed by atoms with van der Waals surface area (Å²) in [5.41, 5.74) is 5.16. The van der Waals surface area contributed by atoms with E-state index in [9.17, 15) is 9.90 Å². The van der Waals surface area contributed by atoms with E-state index in [1.807, 2.05) is 48.0 Å². The minimum Gasteiger partial charge on any atom is -0.497 e. The van der Waals surface area contributed by atoms with E-state index in [0.29, 0.717) is 12.5 Å². The molecule has 0 amide bonds. The Labute approximate surface area is 216 Å². The third kappa shape index (κ3) is 6.83. The lowest BCUT2D eigenvalue weighted by atomic mass is 9.79. The standard InChI is InChI=1S/C28H33N3O4S/c1-34-22-8-10-26-25(18-22)24(11-13-29-26)27(30-35-2)9-7-20-12-15-31(19-21(20)17-28(32)33)14-3-5-23-6-4-16-36-23/h4,6,8,10-11,13,16,18,20-21,27,30H,7,9,12,14-15,17,19H2,1-2H3,(H,32,33)/t20-,21+,27-/m1/s1. The van der Waals surface area contributed by atoms with Crippen LogP contribution in [0.5, 0.6) is 5.75 Å². The van der Waals surface area contributed by atoms with Crippen molar-refractivity contribution < 1.29 is 19.5 Å². The van der Waals surface area contributed by atoms with Gasteiger partial charge in [-0.2, -0.15) is 5.48 Å². The zero-order valence-corrected chi connectivity index (χ0v) is 21.6. The van der Waals surface area contributed by atoms with Crippen LogP contribution in [0.15, 0.2) is 48.0 Å². The molecule has 0 aliphatic carbocycles. The minimum absolute atomic E-state index is 0.0484. The number of thiophene rings is 1. The van der Waals surface area contributed by atoms with Gasteiger partial charge in [0.15, 0.2) is 0 Å². The molecule has 0 bridgehead atoms. The van der Waals surface area contributed by atoms with E-state index in [0.717, 1.165) is 59.4 Å². The first-order valence-electron chi connectivity index (χ1n) is 12.2. The van der Waals surface area contributed by atoms with Gasteiger partial charge >= 0.3 is 5.97 Å². The monoisotopic (exact) mass is 507 g/mol. The molecule has 3 heterocycles. The lowest BCUT2D eigenvalue weighted by Crippen LogP contribution is -2.41. The molecule has 3 aromatic rings. The SMILES string of the molecule is CON[C@H](CC[C@@H]1CCN(CC#Cc2cccs2)C[C@@H]1CC(=O)O)c1ccnc2ccc(OC)cc12. The fourth-order valence-electron chi connectivity index (χ4n) is 5.10. The summed E-state index contributed by atoms with van der Waals surface area (Å²) in [4.78, 5) is 24.9. The Hall–Kier alpha value is -2.96. The quantitative estimate of drug-likeness (QED) is 0.303. The molecule has 3 atom stereocenters. The van der Waals surface area contributed by atoms with Crippen LogP contribution in [0.3, 0.4) is 0 Å². The second-order valence-electron chi connectivity index (χ2n) is 9.16. The van der Waals surface area contributed by atoms with Crippen molar-refractivity contribution >= 4 is 28.2 Å². The van der Waals surface area contributed by atoms with E-state index in [2.05, 4.69) is 27.2 Å². The number of nitrogens with one attached hydrogen (secondary N) is 1. The van der Waals surface area contributed by atoms with Gasteiger partial charge in [-0.3, -0.25) is 14.7 Å². The number of pyridine rings is 1. The molecule has 0 radical (unpaired) electrons. The van der Waals surface area contributed by atoms with Crippen molar-refractivity contribution in [1.82, 2.24) is 15.4 Å². The van der Waals surface area contributed by atoms with Crippen LogP contribution in [0.2, 0.25) is 0 Å². The Kier molecular flexibility index (Phi) is 9.31. The molecule has 1 aromatic carbocycles. The Morgan fingerprint density at radius 1 is 1.31 bits per heavy atom. The first kappa shape index (κ1) is 26.1. The number of fused-ring (bicyclic) bond motifs is 1. The zero-order valence-electron chi connectivity index (χ0n) is 20.8. The molecule has 4 rings (SSSR count). The minimum atomic E-state index is -0.740. The highest BCUT2D eigenvalue weighted by molar-refractivity contribution is 7.10. The molecule has 0 saturated carbocycles. The zero-order chi connectivity index (χ0) is 25.3. The van der Waals surface area contributed by atoms with E-state index in [1.54, 1.807) is 25.6 Å². The number of carboxylic acid groups (broad SMARTS) is 1. The summed E-state index contributed by atoms with van der Waals surface area (Å²) in [5.74, 6) is 6.93. The third-order valence-electron chi connectivity index (χ3n) is 6.89. The number of methoxy groups -OCH3 is 1. The number of ether oxygens (including phenoxy) is 1. The number of hydrogen-bond donors (Lipinski definition) is 2. The van der Waals surface area contributed by atoms with E-state index < -0.39 is 5.97 Å². The fourth-order valence-corrected chi connectivity index (χ4v) is 5.69. The highest BCUT2D eigenvalue weighted by atomic mass is 32.1. The summed E-state index contributed by atoms with van der Waals surface area (Å²) in [6, 6.07) is 11.9. The van der Waals surface area contributed by atoms with Crippen molar-refractivity contribution in [3.8, 4) is 17.6 Å². The molecular formula is C28H33N3O4S.